The zero-order valence-electron chi connectivity index (χ0n) is 21.6. The smallest absolute Gasteiger partial charge is 0.0191 e. The van der Waals surface area contributed by atoms with Crippen LogP contribution >= 0.6 is 0 Å². The molecule has 5 aliphatic rings. The molecule has 0 amide bonds. The molecule has 0 heterocycles. The maximum Gasteiger partial charge on any atom is 0.0191 e. The molecule has 1 nitrogen and oxygen atoms in total. The lowest BCUT2D eigenvalue weighted by molar-refractivity contribution is -0.219. The molecule has 0 aromatic rings. The van der Waals surface area contributed by atoms with E-state index in [1.807, 2.05) is 0 Å². The van der Waals surface area contributed by atoms with Gasteiger partial charge < -0.3 is 5.73 Å². The van der Waals surface area contributed by atoms with Crippen molar-refractivity contribution in [3.05, 3.63) is 23.8 Å². The highest BCUT2D eigenvalue weighted by Gasteiger charge is 2.69. The Labute approximate surface area is 192 Å². The minimum Gasteiger partial charge on any atom is -0.325 e. The first-order valence-corrected chi connectivity index (χ1v) is 13.4. The van der Waals surface area contributed by atoms with E-state index >= 15 is 0 Å². The number of fused-ring (bicyclic) bond motifs is 7. The molecule has 0 spiro atoms. The lowest BCUT2D eigenvalue weighted by Crippen LogP contribution is -2.67. The molecule has 5 rings (SSSR count). The van der Waals surface area contributed by atoms with Gasteiger partial charge in [0, 0.05) is 5.54 Å². The Morgan fingerprint density at radius 1 is 0.903 bits per heavy atom. The lowest BCUT2D eigenvalue weighted by atomic mass is 9.33. The largest absolute Gasteiger partial charge is 0.325 e. The summed E-state index contributed by atoms with van der Waals surface area (Å²) in [5.41, 5.74) is 12.0. The van der Waals surface area contributed by atoms with Crippen molar-refractivity contribution in [1.82, 2.24) is 0 Å². The summed E-state index contributed by atoms with van der Waals surface area (Å²) < 4.78 is 0. The number of rotatable bonds is 1. The number of hydrogen-bond donors (Lipinski definition) is 1. The van der Waals surface area contributed by atoms with Gasteiger partial charge in [-0.3, -0.25) is 0 Å². The maximum atomic E-state index is 7.20. The highest BCUT2D eigenvalue weighted by molar-refractivity contribution is 5.26. The fraction of sp³-hybridized carbons (Fsp3) is 0.867. The number of hydrogen-bond acceptors (Lipinski definition) is 1. The van der Waals surface area contributed by atoms with Gasteiger partial charge in [-0.25, -0.2) is 0 Å². The predicted molar refractivity (Wildman–Crippen MR) is 133 cm³/mol. The van der Waals surface area contributed by atoms with Gasteiger partial charge in [0.15, 0.2) is 0 Å². The molecule has 0 aromatic carbocycles. The molecule has 1 unspecified atom stereocenters. The average molecular weight is 424 g/mol. The van der Waals surface area contributed by atoms with E-state index in [1.54, 1.807) is 5.57 Å². The summed E-state index contributed by atoms with van der Waals surface area (Å²) in [6.45, 7) is 22.3. The lowest BCUT2D eigenvalue weighted by Gasteiger charge is -2.72. The van der Waals surface area contributed by atoms with Crippen molar-refractivity contribution in [3.8, 4) is 0 Å². The SMILES string of the molecule is C=C(C)C1CC[C@]2(N)CC[C@]3(C)[C@H](CC[C@@H]4[C@@]5(C)CC=C(C)C(C)(C)[C@@H]5CC[C@]43C)[C@@H]12. The Balaban J connectivity index is 1.56. The third-order valence-corrected chi connectivity index (χ3v) is 13.1. The van der Waals surface area contributed by atoms with Crippen molar-refractivity contribution in [2.75, 3.05) is 0 Å². The Morgan fingerprint density at radius 2 is 1.61 bits per heavy atom. The van der Waals surface area contributed by atoms with Gasteiger partial charge in [-0.15, -0.1) is 0 Å². The van der Waals surface area contributed by atoms with Crippen molar-refractivity contribution < 1.29 is 0 Å². The summed E-state index contributed by atoms with van der Waals surface area (Å²) in [4.78, 5) is 0. The van der Waals surface area contributed by atoms with Gasteiger partial charge in [0.1, 0.15) is 0 Å². The number of nitrogens with two attached hydrogens (primary N) is 1. The molecule has 1 heteroatoms. The van der Waals surface area contributed by atoms with Crippen molar-refractivity contribution in [3.63, 3.8) is 0 Å². The minimum atomic E-state index is 0.0742. The van der Waals surface area contributed by atoms with Crippen LogP contribution in [0.1, 0.15) is 106 Å². The summed E-state index contributed by atoms with van der Waals surface area (Å²) in [5.74, 6) is 3.78. The van der Waals surface area contributed by atoms with Crippen LogP contribution in [0.4, 0.5) is 0 Å². The highest BCUT2D eigenvalue weighted by Crippen LogP contribution is 2.76. The molecule has 9 atom stereocenters. The molecule has 0 saturated heterocycles. The van der Waals surface area contributed by atoms with Crippen LogP contribution in [0.25, 0.3) is 0 Å². The second kappa shape index (κ2) is 6.52. The van der Waals surface area contributed by atoms with Crippen LogP contribution in [-0.4, -0.2) is 5.54 Å². The zero-order chi connectivity index (χ0) is 22.6. The molecule has 4 saturated carbocycles. The Bertz CT molecular complexity index is 820. The molecule has 0 aromatic heterocycles. The van der Waals surface area contributed by atoms with Crippen molar-refractivity contribution in [1.29, 1.82) is 0 Å². The fourth-order valence-electron chi connectivity index (χ4n) is 11.0. The molecular weight excluding hydrogens is 374 g/mol. The molecular formula is C30H49N. The summed E-state index contributed by atoms with van der Waals surface area (Å²) in [7, 11) is 0. The van der Waals surface area contributed by atoms with Gasteiger partial charge in [0.25, 0.3) is 0 Å². The van der Waals surface area contributed by atoms with E-state index in [4.69, 9.17) is 5.73 Å². The summed E-state index contributed by atoms with van der Waals surface area (Å²) >= 11 is 0. The standard InChI is InChI=1S/C30H49N/c1-19(2)21-12-16-30(31)18-17-28(7)22(25(21)30)9-10-24-27(6)14-11-20(3)26(4,5)23(27)13-15-29(24,28)8/h11,21-25H,1,9-10,12-18,31H2,2-8H3/t21?,22-,23+,24-,25-,27+,28-,29-,30+/m1/s1. The first kappa shape index (κ1) is 22.2. The zero-order valence-corrected chi connectivity index (χ0v) is 21.6. The third-order valence-electron chi connectivity index (χ3n) is 13.1. The van der Waals surface area contributed by atoms with Gasteiger partial charge >= 0.3 is 0 Å². The van der Waals surface area contributed by atoms with Crippen LogP contribution < -0.4 is 5.73 Å². The van der Waals surface area contributed by atoms with E-state index in [0.29, 0.717) is 33.5 Å². The van der Waals surface area contributed by atoms with E-state index in [-0.39, 0.29) is 5.54 Å². The van der Waals surface area contributed by atoms with Gasteiger partial charge in [0.05, 0.1) is 0 Å². The van der Waals surface area contributed by atoms with Crippen LogP contribution in [0.2, 0.25) is 0 Å². The summed E-state index contributed by atoms with van der Waals surface area (Å²) in [6, 6.07) is 0. The van der Waals surface area contributed by atoms with E-state index < -0.39 is 0 Å². The van der Waals surface area contributed by atoms with Crippen LogP contribution in [-0.2, 0) is 0 Å². The monoisotopic (exact) mass is 423 g/mol. The van der Waals surface area contributed by atoms with Crippen molar-refractivity contribution >= 4 is 0 Å². The van der Waals surface area contributed by atoms with Gasteiger partial charge in [0.2, 0.25) is 0 Å². The topological polar surface area (TPSA) is 26.0 Å². The normalized spacial score (nSPS) is 55.4. The number of allylic oxidation sites excluding steroid dienone is 3. The van der Waals surface area contributed by atoms with E-state index in [1.165, 1.54) is 63.4 Å². The minimum absolute atomic E-state index is 0.0742. The van der Waals surface area contributed by atoms with Crippen LogP contribution in [0.5, 0.6) is 0 Å². The van der Waals surface area contributed by atoms with E-state index in [0.717, 1.165) is 17.8 Å². The molecule has 0 radical (unpaired) electrons. The Morgan fingerprint density at radius 3 is 2.29 bits per heavy atom. The van der Waals surface area contributed by atoms with E-state index in [9.17, 15) is 0 Å². The van der Waals surface area contributed by atoms with Crippen LogP contribution in [0, 0.1) is 51.2 Å². The highest BCUT2D eigenvalue weighted by atomic mass is 14.8. The summed E-state index contributed by atoms with van der Waals surface area (Å²) in [6.07, 6.45) is 14.7. The molecule has 2 N–H and O–H groups in total. The first-order valence-electron chi connectivity index (χ1n) is 13.4. The third kappa shape index (κ3) is 2.59. The predicted octanol–water partition coefficient (Wildman–Crippen LogP) is 7.91. The Hall–Kier alpha value is -0.560. The molecule has 174 valence electrons. The fourth-order valence-corrected chi connectivity index (χ4v) is 11.0. The molecule has 0 bridgehead atoms. The van der Waals surface area contributed by atoms with Crippen molar-refractivity contribution in [2.45, 2.75) is 112 Å². The molecule has 4 fully saturated rings. The van der Waals surface area contributed by atoms with Crippen molar-refractivity contribution in [2.24, 2.45) is 57.0 Å². The second-order valence-corrected chi connectivity index (χ2v) is 14.2. The van der Waals surface area contributed by atoms with E-state index in [2.05, 4.69) is 61.1 Å². The molecule has 5 aliphatic carbocycles. The van der Waals surface area contributed by atoms with Crippen LogP contribution in [0.3, 0.4) is 0 Å². The Kier molecular flexibility index (Phi) is 4.68. The second-order valence-electron chi connectivity index (χ2n) is 14.2. The van der Waals surface area contributed by atoms with Crippen LogP contribution in [0.15, 0.2) is 23.8 Å². The quantitative estimate of drug-likeness (QED) is 0.426. The molecule has 0 aliphatic heterocycles. The van der Waals surface area contributed by atoms with Gasteiger partial charge in [-0.05, 0) is 123 Å². The van der Waals surface area contributed by atoms with Gasteiger partial charge in [-0.1, -0.05) is 58.4 Å². The summed E-state index contributed by atoms with van der Waals surface area (Å²) in [5, 5.41) is 0. The average Bonchev–Trinajstić information content (AvgIpc) is 3.04. The first-order chi connectivity index (χ1) is 14.3. The molecule has 31 heavy (non-hydrogen) atoms. The maximum absolute atomic E-state index is 7.20. The van der Waals surface area contributed by atoms with Gasteiger partial charge in [-0.2, -0.15) is 0 Å².